The van der Waals surface area contributed by atoms with Gasteiger partial charge in [0.2, 0.25) is 5.91 Å². The van der Waals surface area contributed by atoms with E-state index in [1.807, 2.05) is 66.4 Å². The lowest BCUT2D eigenvalue weighted by Gasteiger charge is -2.18. The van der Waals surface area contributed by atoms with Crippen LogP contribution in [0.1, 0.15) is 18.9 Å². The molecule has 0 radical (unpaired) electrons. The van der Waals surface area contributed by atoms with Crippen LogP contribution in [0.25, 0.3) is 0 Å². The van der Waals surface area contributed by atoms with Crippen molar-refractivity contribution in [2.75, 3.05) is 31.6 Å². The average Bonchev–Trinajstić information content (AvgIpc) is 3.02. The fourth-order valence-electron chi connectivity index (χ4n) is 3.05. The van der Waals surface area contributed by atoms with Crippen molar-refractivity contribution >= 4 is 17.6 Å². The third kappa shape index (κ3) is 5.23. The molecule has 0 aromatic heterocycles. The van der Waals surface area contributed by atoms with Crippen LogP contribution in [0.2, 0.25) is 0 Å². The van der Waals surface area contributed by atoms with Gasteiger partial charge in [0, 0.05) is 38.3 Å². The van der Waals surface area contributed by atoms with Crippen molar-refractivity contribution in [3.8, 4) is 5.75 Å². The van der Waals surface area contributed by atoms with Crippen LogP contribution in [0.3, 0.4) is 0 Å². The summed E-state index contributed by atoms with van der Waals surface area (Å²) in [5.74, 6) is 0.671. The number of rotatable bonds is 8. The van der Waals surface area contributed by atoms with Gasteiger partial charge in [-0.25, -0.2) is 4.79 Å². The molecule has 0 saturated carbocycles. The molecule has 6 heteroatoms. The average molecular weight is 367 g/mol. The van der Waals surface area contributed by atoms with E-state index in [4.69, 9.17) is 4.74 Å². The molecule has 1 aliphatic heterocycles. The van der Waals surface area contributed by atoms with Gasteiger partial charge in [-0.15, -0.1) is 0 Å². The molecule has 1 aliphatic rings. The Morgan fingerprint density at radius 1 is 1.04 bits per heavy atom. The van der Waals surface area contributed by atoms with Crippen molar-refractivity contribution in [2.45, 2.75) is 19.9 Å². The number of benzene rings is 2. The Kier molecular flexibility index (Phi) is 6.30. The molecule has 3 rings (SSSR count). The standard InChI is InChI=1S/C21H25N3O3/c1-2-27-19-10-8-18(9-11-19)22-20(25)12-13-23-14-15-24(21(23)26)16-17-6-4-3-5-7-17/h3-11H,2,12-16H2,1H3,(H,22,25). The number of nitrogens with one attached hydrogen (secondary N) is 1. The summed E-state index contributed by atoms with van der Waals surface area (Å²) in [5.41, 5.74) is 1.84. The zero-order valence-corrected chi connectivity index (χ0v) is 15.6. The molecule has 1 heterocycles. The van der Waals surface area contributed by atoms with Gasteiger partial charge in [-0.2, -0.15) is 0 Å². The Morgan fingerprint density at radius 3 is 2.44 bits per heavy atom. The van der Waals surface area contributed by atoms with E-state index in [2.05, 4.69) is 5.32 Å². The van der Waals surface area contributed by atoms with Gasteiger partial charge in [0.25, 0.3) is 0 Å². The van der Waals surface area contributed by atoms with Crippen molar-refractivity contribution in [2.24, 2.45) is 0 Å². The molecule has 27 heavy (non-hydrogen) atoms. The Hall–Kier alpha value is -3.02. The van der Waals surface area contributed by atoms with Gasteiger partial charge in [0.05, 0.1) is 6.61 Å². The minimum Gasteiger partial charge on any atom is -0.494 e. The summed E-state index contributed by atoms with van der Waals surface area (Å²) < 4.78 is 5.38. The number of amides is 3. The number of carbonyl (C=O) groups is 2. The van der Waals surface area contributed by atoms with Crippen molar-refractivity contribution in [1.82, 2.24) is 9.80 Å². The summed E-state index contributed by atoms with van der Waals surface area (Å²) in [6.45, 7) is 4.91. The highest BCUT2D eigenvalue weighted by atomic mass is 16.5. The Balaban J connectivity index is 1.44. The minimum atomic E-state index is -0.103. The van der Waals surface area contributed by atoms with Crippen LogP contribution >= 0.6 is 0 Å². The maximum absolute atomic E-state index is 12.5. The smallest absolute Gasteiger partial charge is 0.320 e. The normalized spacial score (nSPS) is 13.7. The highest BCUT2D eigenvalue weighted by Crippen LogP contribution is 2.17. The first-order valence-corrected chi connectivity index (χ1v) is 9.26. The molecule has 1 saturated heterocycles. The van der Waals surface area contributed by atoms with Gasteiger partial charge in [-0.05, 0) is 36.8 Å². The first-order valence-electron chi connectivity index (χ1n) is 9.26. The molecule has 6 nitrogen and oxygen atoms in total. The van der Waals surface area contributed by atoms with E-state index in [0.717, 1.165) is 17.0 Å². The van der Waals surface area contributed by atoms with Crippen molar-refractivity contribution in [3.63, 3.8) is 0 Å². The molecular weight excluding hydrogens is 342 g/mol. The lowest BCUT2D eigenvalue weighted by atomic mass is 10.2. The predicted molar refractivity (Wildman–Crippen MR) is 105 cm³/mol. The lowest BCUT2D eigenvalue weighted by molar-refractivity contribution is -0.116. The van der Waals surface area contributed by atoms with E-state index in [-0.39, 0.29) is 18.4 Å². The summed E-state index contributed by atoms with van der Waals surface area (Å²) >= 11 is 0. The summed E-state index contributed by atoms with van der Waals surface area (Å²) in [6.07, 6.45) is 0.276. The van der Waals surface area contributed by atoms with E-state index in [1.165, 1.54) is 0 Å². The highest BCUT2D eigenvalue weighted by Gasteiger charge is 2.28. The van der Waals surface area contributed by atoms with Crippen LogP contribution in [0.5, 0.6) is 5.75 Å². The van der Waals surface area contributed by atoms with Crippen LogP contribution in [-0.4, -0.2) is 48.0 Å². The number of urea groups is 1. The molecule has 3 amide bonds. The number of hydrogen-bond acceptors (Lipinski definition) is 3. The maximum Gasteiger partial charge on any atom is 0.320 e. The van der Waals surface area contributed by atoms with Crippen molar-refractivity contribution < 1.29 is 14.3 Å². The molecule has 142 valence electrons. The number of carbonyl (C=O) groups excluding carboxylic acids is 2. The van der Waals surface area contributed by atoms with Crippen LogP contribution in [-0.2, 0) is 11.3 Å². The predicted octanol–water partition coefficient (Wildman–Crippen LogP) is 3.35. The van der Waals surface area contributed by atoms with Crippen LogP contribution in [0, 0.1) is 0 Å². The molecule has 0 bridgehead atoms. The van der Waals surface area contributed by atoms with E-state index in [0.29, 0.717) is 32.8 Å². The number of anilines is 1. The molecule has 0 spiro atoms. The third-order valence-corrected chi connectivity index (χ3v) is 4.45. The van der Waals surface area contributed by atoms with E-state index in [9.17, 15) is 9.59 Å². The third-order valence-electron chi connectivity index (χ3n) is 4.45. The van der Waals surface area contributed by atoms with Crippen LogP contribution in [0.4, 0.5) is 10.5 Å². The zero-order chi connectivity index (χ0) is 19.1. The van der Waals surface area contributed by atoms with E-state index >= 15 is 0 Å². The largest absolute Gasteiger partial charge is 0.494 e. The monoisotopic (exact) mass is 367 g/mol. The second-order valence-corrected chi connectivity index (χ2v) is 6.43. The molecule has 2 aromatic carbocycles. The number of hydrogen-bond donors (Lipinski definition) is 1. The van der Waals surface area contributed by atoms with Gasteiger partial charge in [-0.3, -0.25) is 4.79 Å². The van der Waals surface area contributed by atoms with Crippen LogP contribution in [0.15, 0.2) is 54.6 Å². The Bertz CT molecular complexity index is 762. The number of ether oxygens (including phenoxy) is 1. The van der Waals surface area contributed by atoms with Crippen molar-refractivity contribution in [1.29, 1.82) is 0 Å². The van der Waals surface area contributed by atoms with Gasteiger partial charge in [-0.1, -0.05) is 30.3 Å². The maximum atomic E-state index is 12.5. The molecule has 0 unspecified atom stereocenters. The van der Waals surface area contributed by atoms with Crippen molar-refractivity contribution in [3.05, 3.63) is 60.2 Å². The van der Waals surface area contributed by atoms with Crippen LogP contribution < -0.4 is 10.1 Å². The Labute approximate surface area is 159 Å². The fraction of sp³-hybridized carbons (Fsp3) is 0.333. The minimum absolute atomic E-state index is 0.00674. The second-order valence-electron chi connectivity index (χ2n) is 6.43. The van der Waals surface area contributed by atoms with E-state index in [1.54, 1.807) is 4.90 Å². The number of nitrogens with zero attached hydrogens (tertiary/aromatic N) is 2. The second kappa shape index (κ2) is 9.07. The SMILES string of the molecule is CCOc1ccc(NC(=O)CCN2CCN(Cc3ccccc3)C2=O)cc1. The summed E-state index contributed by atoms with van der Waals surface area (Å²) in [5, 5.41) is 2.86. The lowest BCUT2D eigenvalue weighted by Crippen LogP contribution is -2.33. The summed E-state index contributed by atoms with van der Waals surface area (Å²) in [4.78, 5) is 28.2. The van der Waals surface area contributed by atoms with Gasteiger partial charge >= 0.3 is 6.03 Å². The molecule has 0 aliphatic carbocycles. The quantitative estimate of drug-likeness (QED) is 0.778. The zero-order valence-electron chi connectivity index (χ0n) is 15.6. The molecule has 2 aromatic rings. The first kappa shape index (κ1) is 18.8. The topological polar surface area (TPSA) is 61.9 Å². The van der Waals surface area contributed by atoms with E-state index < -0.39 is 0 Å². The highest BCUT2D eigenvalue weighted by molar-refractivity contribution is 5.91. The van der Waals surface area contributed by atoms with Gasteiger partial charge < -0.3 is 19.9 Å². The molecule has 1 fully saturated rings. The van der Waals surface area contributed by atoms with Gasteiger partial charge in [0.1, 0.15) is 5.75 Å². The first-order chi connectivity index (χ1) is 13.2. The summed E-state index contributed by atoms with van der Waals surface area (Å²) in [7, 11) is 0. The molecular formula is C21H25N3O3. The molecule has 1 N–H and O–H groups in total. The Morgan fingerprint density at radius 2 is 1.74 bits per heavy atom. The fourth-order valence-corrected chi connectivity index (χ4v) is 3.05. The van der Waals surface area contributed by atoms with Gasteiger partial charge in [0.15, 0.2) is 0 Å². The molecule has 0 atom stereocenters. The summed E-state index contributed by atoms with van der Waals surface area (Å²) in [6, 6.07) is 17.2.